The molecular formula is C14H20O3S. The number of thiol groups is 1. The van der Waals surface area contributed by atoms with E-state index < -0.39 is 0 Å². The number of para-hydroxylation sites is 1. The van der Waals surface area contributed by atoms with Gasteiger partial charge < -0.3 is 9.47 Å². The van der Waals surface area contributed by atoms with Gasteiger partial charge in [0.2, 0.25) is 0 Å². The summed E-state index contributed by atoms with van der Waals surface area (Å²) >= 11 is 4.21. The first kappa shape index (κ1) is 14.9. The minimum atomic E-state index is -0.367. The minimum absolute atomic E-state index is 0.367. The van der Waals surface area contributed by atoms with Crippen LogP contribution in [0, 0.1) is 5.92 Å². The molecule has 0 spiro atoms. The Labute approximate surface area is 114 Å². The normalized spacial score (nSPS) is 11.9. The van der Waals surface area contributed by atoms with E-state index in [0.29, 0.717) is 23.8 Å². The van der Waals surface area contributed by atoms with Crippen molar-refractivity contribution < 1.29 is 14.3 Å². The van der Waals surface area contributed by atoms with Crippen molar-refractivity contribution >= 4 is 18.6 Å². The van der Waals surface area contributed by atoms with Gasteiger partial charge in [0, 0.05) is 0 Å². The monoisotopic (exact) mass is 268 g/mol. The van der Waals surface area contributed by atoms with Crippen LogP contribution in [0.5, 0.6) is 5.75 Å². The number of esters is 1. The third-order valence-corrected chi connectivity index (χ3v) is 3.04. The van der Waals surface area contributed by atoms with Crippen LogP contribution >= 0.6 is 12.6 Å². The van der Waals surface area contributed by atoms with E-state index in [1.807, 2.05) is 6.07 Å². The SMILES string of the molecule is COC(=O)c1ccccc1OCCC(C)CCS. The Kier molecular flexibility index (Phi) is 6.65. The smallest absolute Gasteiger partial charge is 0.341 e. The molecule has 18 heavy (non-hydrogen) atoms. The second-order valence-corrected chi connectivity index (χ2v) is 4.69. The van der Waals surface area contributed by atoms with E-state index >= 15 is 0 Å². The van der Waals surface area contributed by atoms with E-state index in [2.05, 4.69) is 19.6 Å². The zero-order valence-corrected chi connectivity index (χ0v) is 11.8. The molecule has 1 aromatic carbocycles. The molecule has 0 heterocycles. The van der Waals surface area contributed by atoms with Crippen LogP contribution < -0.4 is 4.74 Å². The largest absolute Gasteiger partial charge is 0.493 e. The highest BCUT2D eigenvalue weighted by molar-refractivity contribution is 7.80. The second-order valence-electron chi connectivity index (χ2n) is 4.24. The summed E-state index contributed by atoms with van der Waals surface area (Å²) in [6.07, 6.45) is 2.03. The molecule has 0 saturated heterocycles. The molecular weight excluding hydrogens is 248 g/mol. The standard InChI is InChI=1S/C14H20O3S/c1-11(8-10-18)7-9-17-13-6-4-3-5-12(13)14(15)16-2/h3-6,11,18H,7-10H2,1-2H3. The number of hydrogen-bond donors (Lipinski definition) is 1. The Morgan fingerprint density at radius 2 is 2.06 bits per heavy atom. The van der Waals surface area contributed by atoms with Crippen LogP contribution in [0.25, 0.3) is 0 Å². The average Bonchev–Trinajstić information content (AvgIpc) is 2.39. The van der Waals surface area contributed by atoms with Crippen molar-refractivity contribution in [3.63, 3.8) is 0 Å². The Hall–Kier alpha value is -1.16. The van der Waals surface area contributed by atoms with Gasteiger partial charge in [-0.15, -0.1) is 0 Å². The highest BCUT2D eigenvalue weighted by Crippen LogP contribution is 2.19. The van der Waals surface area contributed by atoms with Crippen LogP contribution in [0.3, 0.4) is 0 Å². The Bertz CT molecular complexity index is 379. The van der Waals surface area contributed by atoms with Crippen molar-refractivity contribution in [2.24, 2.45) is 5.92 Å². The first-order chi connectivity index (χ1) is 8.69. The Morgan fingerprint density at radius 1 is 1.33 bits per heavy atom. The molecule has 4 heteroatoms. The predicted molar refractivity (Wildman–Crippen MR) is 75.5 cm³/mol. The second kappa shape index (κ2) is 8.03. The average molecular weight is 268 g/mol. The van der Waals surface area contributed by atoms with E-state index in [1.165, 1.54) is 7.11 Å². The summed E-state index contributed by atoms with van der Waals surface area (Å²) in [5.41, 5.74) is 0.474. The van der Waals surface area contributed by atoms with Crippen molar-refractivity contribution in [1.29, 1.82) is 0 Å². The van der Waals surface area contributed by atoms with Crippen LogP contribution in [0.1, 0.15) is 30.1 Å². The molecule has 1 unspecified atom stereocenters. The maximum absolute atomic E-state index is 11.5. The van der Waals surface area contributed by atoms with Crippen molar-refractivity contribution in [2.75, 3.05) is 19.5 Å². The van der Waals surface area contributed by atoms with Crippen LogP contribution in [0.4, 0.5) is 0 Å². The molecule has 0 aliphatic rings. The quantitative estimate of drug-likeness (QED) is 0.609. The number of hydrogen-bond acceptors (Lipinski definition) is 4. The summed E-state index contributed by atoms with van der Waals surface area (Å²) in [6.45, 7) is 2.77. The Morgan fingerprint density at radius 3 is 2.72 bits per heavy atom. The minimum Gasteiger partial charge on any atom is -0.493 e. The molecule has 1 rings (SSSR count). The number of rotatable bonds is 7. The van der Waals surface area contributed by atoms with Crippen LogP contribution in [0.2, 0.25) is 0 Å². The maximum atomic E-state index is 11.5. The number of carbonyl (C=O) groups excluding carboxylic acids is 1. The predicted octanol–water partition coefficient (Wildman–Crippen LogP) is 3.20. The fourth-order valence-corrected chi connectivity index (χ4v) is 2.05. The molecule has 3 nitrogen and oxygen atoms in total. The Balaban J connectivity index is 2.54. The summed E-state index contributed by atoms with van der Waals surface area (Å²) < 4.78 is 10.4. The van der Waals surface area contributed by atoms with Crippen LogP contribution in [-0.2, 0) is 4.74 Å². The topological polar surface area (TPSA) is 35.5 Å². The number of ether oxygens (including phenoxy) is 2. The van der Waals surface area contributed by atoms with Gasteiger partial charge in [0.15, 0.2) is 0 Å². The van der Waals surface area contributed by atoms with Gasteiger partial charge >= 0.3 is 5.97 Å². The fraction of sp³-hybridized carbons (Fsp3) is 0.500. The highest BCUT2D eigenvalue weighted by Gasteiger charge is 2.12. The van der Waals surface area contributed by atoms with Gasteiger partial charge in [-0.05, 0) is 36.6 Å². The van der Waals surface area contributed by atoms with E-state index in [0.717, 1.165) is 18.6 Å². The van der Waals surface area contributed by atoms with E-state index in [1.54, 1.807) is 18.2 Å². The van der Waals surface area contributed by atoms with Gasteiger partial charge in [-0.2, -0.15) is 12.6 Å². The lowest BCUT2D eigenvalue weighted by Gasteiger charge is -2.13. The van der Waals surface area contributed by atoms with Gasteiger partial charge in [0.1, 0.15) is 11.3 Å². The lowest BCUT2D eigenvalue weighted by molar-refractivity contribution is 0.0596. The first-order valence-electron chi connectivity index (χ1n) is 6.10. The van der Waals surface area contributed by atoms with E-state index in [9.17, 15) is 4.79 Å². The van der Waals surface area contributed by atoms with E-state index in [4.69, 9.17) is 9.47 Å². The van der Waals surface area contributed by atoms with Gasteiger partial charge in [-0.25, -0.2) is 4.79 Å². The number of methoxy groups -OCH3 is 1. The lowest BCUT2D eigenvalue weighted by atomic mass is 10.1. The molecule has 0 radical (unpaired) electrons. The summed E-state index contributed by atoms with van der Waals surface area (Å²) in [4.78, 5) is 11.5. The maximum Gasteiger partial charge on any atom is 0.341 e. The molecule has 0 fully saturated rings. The van der Waals surface area contributed by atoms with Gasteiger partial charge in [0.05, 0.1) is 13.7 Å². The molecule has 0 aromatic heterocycles. The van der Waals surface area contributed by atoms with Gasteiger partial charge in [-0.1, -0.05) is 19.1 Å². The molecule has 1 aromatic rings. The third kappa shape index (κ3) is 4.61. The van der Waals surface area contributed by atoms with E-state index in [-0.39, 0.29) is 5.97 Å². The zero-order valence-electron chi connectivity index (χ0n) is 10.9. The van der Waals surface area contributed by atoms with Crippen molar-refractivity contribution in [3.05, 3.63) is 29.8 Å². The van der Waals surface area contributed by atoms with Crippen LogP contribution in [0.15, 0.2) is 24.3 Å². The molecule has 0 aliphatic carbocycles. The van der Waals surface area contributed by atoms with Gasteiger partial charge in [-0.3, -0.25) is 0 Å². The lowest BCUT2D eigenvalue weighted by Crippen LogP contribution is -2.09. The number of carbonyl (C=O) groups is 1. The first-order valence-corrected chi connectivity index (χ1v) is 6.73. The summed E-state index contributed by atoms with van der Waals surface area (Å²) in [7, 11) is 1.37. The summed E-state index contributed by atoms with van der Waals surface area (Å²) in [5, 5.41) is 0. The molecule has 0 aliphatic heterocycles. The van der Waals surface area contributed by atoms with Crippen molar-refractivity contribution in [2.45, 2.75) is 19.8 Å². The van der Waals surface area contributed by atoms with Crippen molar-refractivity contribution in [3.8, 4) is 5.75 Å². The zero-order chi connectivity index (χ0) is 13.4. The number of benzene rings is 1. The molecule has 1 atom stereocenters. The van der Waals surface area contributed by atoms with Crippen LogP contribution in [-0.4, -0.2) is 25.4 Å². The molecule has 100 valence electrons. The molecule has 0 bridgehead atoms. The van der Waals surface area contributed by atoms with Gasteiger partial charge in [0.25, 0.3) is 0 Å². The molecule has 0 N–H and O–H groups in total. The summed E-state index contributed by atoms with van der Waals surface area (Å²) in [6, 6.07) is 7.13. The third-order valence-electron chi connectivity index (χ3n) is 2.78. The fourth-order valence-electron chi connectivity index (χ4n) is 1.61. The summed E-state index contributed by atoms with van der Waals surface area (Å²) in [5.74, 6) is 1.68. The highest BCUT2D eigenvalue weighted by atomic mass is 32.1. The molecule has 0 saturated carbocycles. The van der Waals surface area contributed by atoms with Crippen molar-refractivity contribution in [1.82, 2.24) is 0 Å². The molecule has 0 amide bonds.